The number of ether oxygens (including phenoxy) is 1. The van der Waals surface area contributed by atoms with Crippen molar-refractivity contribution >= 4 is 5.97 Å². The number of hydrogen-bond acceptors (Lipinski definition) is 3. The van der Waals surface area contributed by atoms with Gasteiger partial charge < -0.3 is 9.84 Å². The van der Waals surface area contributed by atoms with E-state index in [2.05, 4.69) is 0 Å². The van der Waals surface area contributed by atoms with Crippen LogP contribution in [0.3, 0.4) is 0 Å². The first kappa shape index (κ1) is 9.99. The van der Waals surface area contributed by atoms with Crippen LogP contribution in [0.4, 0.5) is 4.39 Å². The highest BCUT2D eigenvalue weighted by Crippen LogP contribution is 2.23. The van der Waals surface area contributed by atoms with Gasteiger partial charge in [-0.1, -0.05) is 0 Å². The summed E-state index contributed by atoms with van der Waals surface area (Å²) in [5, 5.41) is 17.1. The second kappa shape index (κ2) is 3.75. The van der Waals surface area contributed by atoms with Crippen molar-refractivity contribution in [3.05, 3.63) is 29.1 Å². The molecule has 0 aliphatic carbocycles. The Kier molecular flexibility index (Phi) is 2.67. The van der Waals surface area contributed by atoms with Gasteiger partial charge in [0.15, 0.2) is 5.82 Å². The molecule has 0 radical (unpaired) electrons. The number of aromatic carboxylic acids is 1. The molecule has 0 aliphatic rings. The molecule has 0 bridgehead atoms. The maximum absolute atomic E-state index is 13.3. The van der Waals surface area contributed by atoms with Crippen molar-refractivity contribution in [2.24, 2.45) is 0 Å². The smallest absolute Gasteiger partial charge is 0.338 e. The van der Waals surface area contributed by atoms with Crippen LogP contribution < -0.4 is 4.74 Å². The average molecular weight is 195 g/mol. The number of nitriles is 1. The maximum Gasteiger partial charge on any atom is 0.338 e. The van der Waals surface area contributed by atoms with Gasteiger partial charge in [-0.2, -0.15) is 5.26 Å². The number of hydrogen-bond donors (Lipinski definition) is 1. The van der Waals surface area contributed by atoms with E-state index in [0.29, 0.717) is 0 Å². The van der Waals surface area contributed by atoms with Crippen molar-refractivity contribution in [3.8, 4) is 11.8 Å². The van der Waals surface area contributed by atoms with Gasteiger partial charge in [0.05, 0.1) is 12.7 Å². The van der Waals surface area contributed by atoms with Crippen LogP contribution in [0.1, 0.15) is 15.9 Å². The second-order valence-electron chi connectivity index (χ2n) is 2.42. The molecule has 0 saturated carbocycles. The predicted molar refractivity (Wildman–Crippen MR) is 44.6 cm³/mol. The second-order valence-corrected chi connectivity index (χ2v) is 2.42. The summed E-state index contributed by atoms with van der Waals surface area (Å²) in [6.07, 6.45) is 0. The van der Waals surface area contributed by atoms with E-state index in [0.717, 1.165) is 6.07 Å². The highest BCUT2D eigenvalue weighted by Gasteiger charge is 2.17. The summed E-state index contributed by atoms with van der Waals surface area (Å²) in [5.74, 6) is -2.46. The van der Waals surface area contributed by atoms with E-state index in [4.69, 9.17) is 15.1 Å². The van der Waals surface area contributed by atoms with Gasteiger partial charge in [0.2, 0.25) is 0 Å². The van der Waals surface area contributed by atoms with Crippen LogP contribution in [0.2, 0.25) is 0 Å². The Hall–Kier alpha value is -2.09. The van der Waals surface area contributed by atoms with Gasteiger partial charge in [-0.25, -0.2) is 9.18 Å². The van der Waals surface area contributed by atoms with Gasteiger partial charge in [-0.15, -0.1) is 0 Å². The van der Waals surface area contributed by atoms with Crippen molar-refractivity contribution in [2.45, 2.75) is 0 Å². The highest BCUT2D eigenvalue weighted by molar-refractivity contribution is 5.88. The molecule has 0 aliphatic heterocycles. The third-order valence-electron chi connectivity index (χ3n) is 1.67. The van der Waals surface area contributed by atoms with Gasteiger partial charge in [0.25, 0.3) is 0 Å². The fourth-order valence-corrected chi connectivity index (χ4v) is 0.998. The lowest BCUT2D eigenvalue weighted by Crippen LogP contribution is -2.03. The zero-order valence-corrected chi connectivity index (χ0v) is 7.24. The first-order valence-corrected chi connectivity index (χ1v) is 3.61. The van der Waals surface area contributed by atoms with Crippen LogP contribution in [0, 0.1) is 17.1 Å². The van der Waals surface area contributed by atoms with Gasteiger partial charge in [0.1, 0.15) is 17.4 Å². The lowest BCUT2D eigenvalue weighted by molar-refractivity contribution is 0.0691. The van der Waals surface area contributed by atoms with Gasteiger partial charge >= 0.3 is 5.97 Å². The average Bonchev–Trinajstić information content (AvgIpc) is 2.16. The molecule has 0 saturated heterocycles. The molecule has 5 heteroatoms. The Morgan fingerprint density at radius 3 is 2.71 bits per heavy atom. The predicted octanol–water partition coefficient (Wildman–Crippen LogP) is 1.40. The maximum atomic E-state index is 13.3. The van der Waals surface area contributed by atoms with E-state index in [9.17, 15) is 9.18 Å². The standard InChI is InChI=1S/C9H6FNO3/c1-14-7-3-2-5(9(12)13)8(10)6(7)4-11/h2-3H,1H3,(H,12,13). The van der Waals surface area contributed by atoms with E-state index in [1.54, 1.807) is 6.07 Å². The highest BCUT2D eigenvalue weighted by atomic mass is 19.1. The molecule has 0 spiro atoms. The molecule has 4 nitrogen and oxygen atoms in total. The first-order valence-electron chi connectivity index (χ1n) is 3.61. The molecule has 14 heavy (non-hydrogen) atoms. The minimum Gasteiger partial charge on any atom is -0.495 e. The third-order valence-corrected chi connectivity index (χ3v) is 1.67. The summed E-state index contributed by atoms with van der Waals surface area (Å²) in [4.78, 5) is 10.5. The Bertz CT molecular complexity index is 423. The molecule has 72 valence electrons. The number of rotatable bonds is 2. The summed E-state index contributed by atoms with van der Waals surface area (Å²) >= 11 is 0. The van der Waals surface area contributed by atoms with Crippen LogP contribution in [0.5, 0.6) is 5.75 Å². The minimum absolute atomic E-state index is 0.0231. The molecule has 1 aromatic rings. The molecule has 1 N–H and O–H groups in total. The number of halogens is 1. The first-order chi connectivity index (χ1) is 6.61. The van der Waals surface area contributed by atoms with Crippen LogP contribution in [-0.2, 0) is 0 Å². The number of carbonyl (C=O) groups is 1. The molecule has 0 amide bonds. The van der Waals surface area contributed by atoms with Crippen molar-refractivity contribution in [1.29, 1.82) is 5.26 Å². The normalized spacial score (nSPS) is 9.21. The van der Waals surface area contributed by atoms with E-state index in [1.165, 1.54) is 13.2 Å². The number of benzene rings is 1. The number of methoxy groups -OCH3 is 1. The summed E-state index contributed by atoms with van der Waals surface area (Å²) in [5.41, 5.74) is -0.935. The summed E-state index contributed by atoms with van der Waals surface area (Å²) in [7, 11) is 1.27. The molecule has 1 aromatic carbocycles. The molecule has 0 heterocycles. The van der Waals surface area contributed by atoms with Crippen molar-refractivity contribution in [2.75, 3.05) is 7.11 Å². The zero-order chi connectivity index (χ0) is 10.7. The molecular weight excluding hydrogens is 189 g/mol. The van der Waals surface area contributed by atoms with Crippen molar-refractivity contribution in [3.63, 3.8) is 0 Å². The third kappa shape index (κ3) is 1.50. The minimum atomic E-state index is -1.42. The Morgan fingerprint density at radius 2 is 2.29 bits per heavy atom. The lowest BCUT2D eigenvalue weighted by atomic mass is 10.1. The Labute approximate surface area is 79.2 Å². The van der Waals surface area contributed by atoms with Crippen molar-refractivity contribution < 1.29 is 19.0 Å². The van der Waals surface area contributed by atoms with E-state index in [-0.39, 0.29) is 5.75 Å². The lowest BCUT2D eigenvalue weighted by Gasteiger charge is -2.04. The Balaban J connectivity index is 3.44. The largest absolute Gasteiger partial charge is 0.495 e. The van der Waals surface area contributed by atoms with E-state index >= 15 is 0 Å². The summed E-state index contributed by atoms with van der Waals surface area (Å²) < 4.78 is 18.0. The number of nitrogens with zero attached hydrogens (tertiary/aromatic N) is 1. The SMILES string of the molecule is COc1ccc(C(=O)O)c(F)c1C#N. The molecule has 0 aromatic heterocycles. The van der Waals surface area contributed by atoms with Crippen LogP contribution >= 0.6 is 0 Å². The van der Waals surface area contributed by atoms with Crippen LogP contribution in [-0.4, -0.2) is 18.2 Å². The quantitative estimate of drug-likeness (QED) is 0.774. The summed E-state index contributed by atoms with van der Waals surface area (Å²) in [6.45, 7) is 0. The van der Waals surface area contributed by atoms with Crippen LogP contribution in [0.15, 0.2) is 12.1 Å². The number of carboxylic acid groups (broad SMARTS) is 1. The molecule has 1 rings (SSSR count). The fourth-order valence-electron chi connectivity index (χ4n) is 0.998. The molecule has 0 atom stereocenters. The van der Waals surface area contributed by atoms with Gasteiger partial charge in [0, 0.05) is 0 Å². The number of carboxylic acids is 1. The monoisotopic (exact) mass is 195 g/mol. The van der Waals surface area contributed by atoms with Gasteiger partial charge in [-0.3, -0.25) is 0 Å². The Morgan fingerprint density at radius 1 is 1.64 bits per heavy atom. The molecule has 0 unspecified atom stereocenters. The fraction of sp³-hybridized carbons (Fsp3) is 0.111. The van der Waals surface area contributed by atoms with Crippen molar-refractivity contribution in [1.82, 2.24) is 0 Å². The van der Waals surface area contributed by atoms with Crippen LogP contribution in [0.25, 0.3) is 0 Å². The molecular formula is C9H6FNO3. The zero-order valence-electron chi connectivity index (χ0n) is 7.24. The molecule has 0 fully saturated rings. The summed E-state index contributed by atoms with van der Waals surface area (Å²) in [6, 6.07) is 3.84. The topological polar surface area (TPSA) is 70.3 Å². The van der Waals surface area contributed by atoms with E-state index < -0.39 is 22.9 Å². The van der Waals surface area contributed by atoms with E-state index in [1.807, 2.05) is 0 Å². The van der Waals surface area contributed by atoms with Gasteiger partial charge in [-0.05, 0) is 12.1 Å².